The number of aliphatic carboxylic acids is 1. The van der Waals surface area contributed by atoms with Crippen LogP contribution in [0.25, 0.3) is 0 Å². The summed E-state index contributed by atoms with van der Waals surface area (Å²) in [5.41, 5.74) is -2.92. The van der Waals surface area contributed by atoms with Gasteiger partial charge >= 0.3 is 18.3 Å². The van der Waals surface area contributed by atoms with Crippen LogP contribution in [0.5, 0.6) is 11.5 Å². The number of nitriles is 1. The number of allylic oxidation sites excluding steroid dienone is 1. The number of carboxylic acid groups (broad SMARTS) is 1. The molecular formula is C25H21ClF5NO4. The highest BCUT2D eigenvalue weighted by Crippen LogP contribution is 2.75. The molecule has 3 atom stereocenters. The molecule has 192 valence electrons. The van der Waals surface area contributed by atoms with Crippen molar-refractivity contribution in [3.63, 3.8) is 0 Å². The Morgan fingerprint density at radius 1 is 1.14 bits per heavy atom. The number of hydrogen-bond acceptors (Lipinski definition) is 4. The zero-order valence-corrected chi connectivity index (χ0v) is 19.8. The minimum Gasteiger partial charge on any atom is -0.481 e. The second-order valence-electron chi connectivity index (χ2n) is 8.86. The summed E-state index contributed by atoms with van der Waals surface area (Å²) in [7, 11) is 0. The summed E-state index contributed by atoms with van der Waals surface area (Å²) in [5, 5.41) is 18.8. The number of ether oxygens (including phenoxy) is 2. The third kappa shape index (κ3) is 5.18. The van der Waals surface area contributed by atoms with Gasteiger partial charge < -0.3 is 14.6 Å². The maximum absolute atomic E-state index is 14.2. The Hall–Kier alpha value is -3.16. The molecule has 1 aliphatic carbocycles. The average molecular weight is 530 g/mol. The van der Waals surface area contributed by atoms with Crippen LogP contribution in [0.2, 0.25) is 0 Å². The summed E-state index contributed by atoms with van der Waals surface area (Å²) in [6.07, 6.45) is -8.87. The van der Waals surface area contributed by atoms with Crippen LogP contribution in [0.15, 0.2) is 65.7 Å². The normalized spacial score (nSPS) is 22.4. The molecule has 1 N–H and O–H groups in total. The number of halogens is 6. The molecule has 0 saturated heterocycles. The molecule has 0 amide bonds. The molecule has 3 rings (SSSR count). The topological polar surface area (TPSA) is 79.5 Å². The van der Waals surface area contributed by atoms with E-state index >= 15 is 0 Å². The Labute approximate surface area is 208 Å². The summed E-state index contributed by atoms with van der Waals surface area (Å²) in [5.74, 6) is -3.19. The minimum atomic E-state index is -5.02. The fourth-order valence-corrected chi connectivity index (χ4v) is 4.75. The molecule has 0 bridgehead atoms. The van der Waals surface area contributed by atoms with E-state index in [1.807, 2.05) is 6.07 Å². The predicted molar refractivity (Wildman–Crippen MR) is 120 cm³/mol. The van der Waals surface area contributed by atoms with Crippen LogP contribution in [0, 0.1) is 28.1 Å². The first-order chi connectivity index (χ1) is 16.7. The SMILES string of the molecule is CC1(C)C(C=C(Cl)C(F)(F)OCC(F)(F)F)C1(C(=O)O)C(C#N)c1cccc(Oc2ccccc2)c1. The molecule has 0 aromatic heterocycles. The fraction of sp³-hybridized carbons (Fsp3) is 0.360. The molecule has 2 aromatic rings. The standard InChI is InChI=1S/C25H21ClF5NO4/c1-22(2)19(12-20(26)25(30,31)35-14-23(27,28)29)24(22,21(33)34)18(13-32)15-7-6-10-17(11-15)36-16-8-4-3-5-9-16/h3-12,18-19H,14H2,1-2H3,(H,33,34). The van der Waals surface area contributed by atoms with Gasteiger partial charge in [0.1, 0.15) is 28.6 Å². The van der Waals surface area contributed by atoms with Crippen molar-refractivity contribution in [2.45, 2.75) is 32.1 Å². The predicted octanol–water partition coefficient (Wildman–Crippen LogP) is 7.11. The summed E-state index contributed by atoms with van der Waals surface area (Å²) in [4.78, 5) is 12.5. The van der Waals surface area contributed by atoms with E-state index < -0.39 is 52.6 Å². The second-order valence-corrected chi connectivity index (χ2v) is 9.27. The van der Waals surface area contributed by atoms with E-state index in [1.165, 1.54) is 26.0 Å². The summed E-state index contributed by atoms with van der Waals surface area (Å²) in [6.45, 7) is 0.656. The molecule has 1 fully saturated rings. The molecule has 0 aliphatic heterocycles. The lowest BCUT2D eigenvalue weighted by Crippen LogP contribution is -2.30. The fourth-order valence-electron chi connectivity index (χ4n) is 4.57. The average Bonchev–Trinajstić information content (AvgIpc) is 3.28. The largest absolute Gasteiger partial charge is 0.481 e. The van der Waals surface area contributed by atoms with Crippen molar-refractivity contribution in [3.8, 4) is 17.6 Å². The second kappa shape index (κ2) is 9.71. The zero-order valence-electron chi connectivity index (χ0n) is 19.0. The quantitative estimate of drug-likeness (QED) is 0.350. The van der Waals surface area contributed by atoms with Crippen molar-refractivity contribution in [2.75, 3.05) is 6.61 Å². The van der Waals surface area contributed by atoms with Crippen molar-refractivity contribution < 1.29 is 41.3 Å². The van der Waals surface area contributed by atoms with Crippen molar-refractivity contribution >= 4 is 17.6 Å². The van der Waals surface area contributed by atoms with Gasteiger partial charge in [0.25, 0.3) is 0 Å². The number of alkyl halides is 5. The van der Waals surface area contributed by atoms with Crippen LogP contribution in [0.3, 0.4) is 0 Å². The maximum Gasteiger partial charge on any atom is 0.412 e. The molecule has 1 saturated carbocycles. The van der Waals surface area contributed by atoms with Crippen LogP contribution in [0.4, 0.5) is 22.0 Å². The van der Waals surface area contributed by atoms with Crippen LogP contribution >= 0.6 is 11.6 Å². The number of rotatable bonds is 9. The highest BCUT2D eigenvalue weighted by atomic mass is 35.5. The number of hydrogen-bond donors (Lipinski definition) is 1. The molecule has 1 aliphatic rings. The number of benzene rings is 2. The van der Waals surface area contributed by atoms with Gasteiger partial charge in [0.15, 0.2) is 0 Å². The Morgan fingerprint density at radius 2 is 1.75 bits per heavy atom. The van der Waals surface area contributed by atoms with E-state index in [0.29, 0.717) is 17.6 Å². The molecule has 36 heavy (non-hydrogen) atoms. The van der Waals surface area contributed by atoms with Gasteiger partial charge in [-0.3, -0.25) is 4.79 Å². The number of carboxylic acids is 1. The van der Waals surface area contributed by atoms with Crippen LogP contribution < -0.4 is 4.74 Å². The van der Waals surface area contributed by atoms with E-state index in [-0.39, 0.29) is 5.56 Å². The highest BCUT2D eigenvalue weighted by molar-refractivity contribution is 6.30. The van der Waals surface area contributed by atoms with Gasteiger partial charge in [0.05, 0.1) is 12.0 Å². The van der Waals surface area contributed by atoms with Crippen LogP contribution in [-0.2, 0) is 9.53 Å². The Morgan fingerprint density at radius 3 is 2.31 bits per heavy atom. The molecule has 11 heteroatoms. The molecule has 0 spiro atoms. The first kappa shape index (κ1) is 27.4. The number of carbonyl (C=O) groups is 1. The molecule has 3 unspecified atom stereocenters. The molecule has 0 heterocycles. The van der Waals surface area contributed by atoms with Crippen molar-refractivity contribution in [1.29, 1.82) is 5.26 Å². The first-order valence-corrected chi connectivity index (χ1v) is 11.0. The van der Waals surface area contributed by atoms with Gasteiger partial charge in [0, 0.05) is 5.92 Å². The summed E-state index contributed by atoms with van der Waals surface area (Å²) >= 11 is 5.63. The molecule has 2 aromatic carbocycles. The Balaban J connectivity index is 1.96. The van der Waals surface area contributed by atoms with Crippen LogP contribution in [0.1, 0.15) is 25.3 Å². The van der Waals surface area contributed by atoms with E-state index in [4.69, 9.17) is 16.3 Å². The van der Waals surface area contributed by atoms with Gasteiger partial charge in [-0.15, -0.1) is 0 Å². The van der Waals surface area contributed by atoms with Crippen molar-refractivity contribution in [3.05, 3.63) is 71.3 Å². The zero-order chi connectivity index (χ0) is 26.9. The van der Waals surface area contributed by atoms with E-state index in [0.717, 1.165) is 0 Å². The van der Waals surface area contributed by atoms with E-state index in [1.54, 1.807) is 42.5 Å². The van der Waals surface area contributed by atoms with Crippen LogP contribution in [-0.4, -0.2) is 30.0 Å². The highest BCUT2D eigenvalue weighted by Gasteiger charge is 2.78. The van der Waals surface area contributed by atoms with Crippen molar-refractivity contribution in [1.82, 2.24) is 0 Å². The Kier molecular flexibility index (Phi) is 7.40. The lowest BCUT2D eigenvalue weighted by Gasteiger charge is -2.22. The monoisotopic (exact) mass is 529 g/mol. The summed E-state index contributed by atoms with van der Waals surface area (Å²) < 4.78 is 74.7. The third-order valence-electron chi connectivity index (χ3n) is 6.37. The van der Waals surface area contributed by atoms with Gasteiger partial charge in [-0.2, -0.15) is 27.2 Å². The van der Waals surface area contributed by atoms with Crippen molar-refractivity contribution in [2.24, 2.45) is 16.7 Å². The third-order valence-corrected chi connectivity index (χ3v) is 6.71. The lowest BCUT2D eigenvalue weighted by molar-refractivity contribution is -0.267. The molecule has 0 radical (unpaired) electrons. The summed E-state index contributed by atoms with van der Waals surface area (Å²) in [6, 6.07) is 16.8. The minimum absolute atomic E-state index is 0.258. The first-order valence-electron chi connectivity index (χ1n) is 10.6. The van der Waals surface area contributed by atoms with E-state index in [9.17, 15) is 37.1 Å². The Bertz CT molecular complexity index is 1190. The molecule has 5 nitrogen and oxygen atoms in total. The van der Waals surface area contributed by atoms with Gasteiger partial charge in [0.2, 0.25) is 0 Å². The van der Waals surface area contributed by atoms with E-state index in [2.05, 4.69) is 4.74 Å². The van der Waals surface area contributed by atoms with Gasteiger partial charge in [-0.05, 0) is 35.2 Å². The number of para-hydroxylation sites is 1. The van der Waals surface area contributed by atoms with Gasteiger partial charge in [-0.25, -0.2) is 0 Å². The smallest absolute Gasteiger partial charge is 0.412 e. The van der Waals surface area contributed by atoms with Gasteiger partial charge in [-0.1, -0.05) is 61.9 Å². The number of nitrogens with zero attached hydrogens (tertiary/aromatic N) is 1. The lowest BCUT2D eigenvalue weighted by atomic mass is 9.78. The maximum atomic E-state index is 14.2. The molecular weight excluding hydrogens is 509 g/mol.